The Labute approximate surface area is 116 Å². The van der Waals surface area contributed by atoms with E-state index in [0.717, 1.165) is 18.7 Å². The summed E-state index contributed by atoms with van der Waals surface area (Å²) < 4.78 is 1.83. The molecule has 1 fully saturated rings. The first kappa shape index (κ1) is 11.6. The topological polar surface area (TPSA) is 62.1 Å². The van der Waals surface area contributed by atoms with E-state index >= 15 is 0 Å². The predicted octanol–water partition coefficient (Wildman–Crippen LogP) is 1.79. The average Bonchev–Trinajstić information content (AvgIpc) is 3.19. The maximum absolute atomic E-state index is 4.42. The molecule has 1 unspecified atom stereocenters. The lowest BCUT2D eigenvalue weighted by atomic mass is 10.1. The highest BCUT2D eigenvalue weighted by molar-refractivity contribution is 5.45. The number of nitrogens with zero attached hydrogens (tertiary/aromatic N) is 5. The van der Waals surface area contributed by atoms with Gasteiger partial charge in [-0.15, -0.1) is 0 Å². The van der Waals surface area contributed by atoms with Crippen molar-refractivity contribution < 1.29 is 0 Å². The monoisotopic (exact) mass is 268 g/mol. The SMILES string of the molecule is c1cnc2c(CN3CCCC3c3ccn[nH]3)cnn2c1. The number of nitrogens with one attached hydrogen (secondary N) is 1. The van der Waals surface area contributed by atoms with Crippen molar-refractivity contribution in [3.8, 4) is 0 Å². The molecule has 0 aromatic carbocycles. The highest BCUT2D eigenvalue weighted by Gasteiger charge is 2.27. The molecule has 3 aromatic heterocycles. The molecule has 6 nitrogen and oxygen atoms in total. The van der Waals surface area contributed by atoms with E-state index in [1.54, 1.807) is 0 Å². The normalized spacial score (nSPS) is 19.9. The van der Waals surface area contributed by atoms with Crippen LogP contribution in [0.25, 0.3) is 5.65 Å². The van der Waals surface area contributed by atoms with Crippen molar-refractivity contribution in [2.24, 2.45) is 0 Å². The molecular formula is C14H16N6. The number of likely N-dealkylation sites (tertiary alicyclic amines) is 1. The molecule has 1 N–H and O–H groups in total. The van der Waals surface area contributed by atoms with Crippen LogP contribution in [0.3, 0.4) is 0 Å². The standard InChI is InChI=1S/C14H16N6/c1-3-13(12-4-6-16-18-12)19(7-1)10-11-9-17-20-8-2-5-15-14(11)20/h2,4-6,8-9,13H,1,3,7,10H2,(H,16,18). The Morgan fingerprint density at radius 1 is 1.35 bits per heavy atom. The largest absolute Gasteiger partial charge is 0.290 e. The Kier molecular flexibility index (Phi) is 2.74. The molecule has 1 saturated heterocycles. The van der Waals surface area contributed by atoms with E-state index in [4.69, 9.17) is 0 Å². The van der Waals surface area contributed by atoms with E-state index in [9.17, 15) is 0 Å². The lowest BCUT2D eigenvalue weighted by Gasteiger charge is -2.22. The third-order valence-corrected chi connectivity index (χ3v) is 3.97. The number of hydrogen-bond donors (Lipinski definition) is 1. The van der Waals surface area contributed by atoms with Crippen LogP contribution in [0.5, 0.6) is 0 Å². The van der Waals surface area contributed by atoms with Gasteiger partial charge in [-0.2, -0.15) is 10.2 Å². The van der Waals surface area contributed by atoms with Gasteiger partial charge < -0.3 is 0 Å². The van der Waals surface area contributed by atoms with Gasteiger partial charge in [0.15, 0.2) is 5.65 Å². The first-order valence-electron chi connectivity index (χ1n) is 6.92. The summed E-state index contributed by atoms with van der Waals surface area (Å²) >= 11 is 0. The van der Waals surface area contributed by atoms with Gasteiger partial charge in [0.2, 0.25) is 0 Å². The van der Waals surface area contributed by atoms with Crippen molar-refractivity contribution >= 4 is 5.65 Å². The minimum atomic E-state index is 0.427. The highest BCUT2D eigenvalue weighted by Crippen LogP contribution is 2.32. The molecule has 3 aromatic rings. The van der Waals surface area contributed by atoms with E-state index in [1.165, 1.54) is 24.1 Å². The third kappa shape index (κ3) is 1.89. The molecule has 6 heteroatoms. The number of rotatable bonds is 3. The summed E-state index contributed by atoms with van der Waals surface area (Å²) in [4.78, 5) is 6.90. The van der Waals surface area contributed by atoms with Crippen LogP contribution in [0.15, 0.2) is 36.9 Å². The fourth-order valence-electron chi connectivity index (χ4n) is 3.03. The Bertz CT molecular complexity index is 701. The third-order valence-electron chi connectivity index (χ3n) is 3.97. The molecule has 1 aliphatic heterocycles. The molecular weight excluding hydrogens is 252 g/mol. The lowest BCUT2D eigenvalue weighted by Crippen LogP contribution is -2.23. The Morgan fingerprint density at radius 3 is 3.25 bits per heavy atom. The second-order valence-corrected chi connectivity index (χ2v) is 5.20. The molecule has 4 rings (SSSR count). The van der Waals surface area contributed by atoms with Gasteiger partial charge in [0.25, 0.3) is 0 Å². The van der Waals surface area contributed by atoms with Gasteiger partial charge in [-0.3, -0.25) is 10.00 Å². The molecule has 0 amide bonds. The van der Waals surface area contributed by atoms with Crippen LogP contribution in [-0.4, -0.2) is 36.2 Å². The van der Waals surface area contributed by atoms with Gasteiger partial charge in [-0.25, -0.2) is 9.50 Å². The minimum Gasteiger partial charge on any atom is -0.290 e. The van der Waals surface area contributed by atoms with Crippen molar-refractivity contribution in [3.63, 3.8) is 0 Å². The molecule has 0 radical (unpaired) electrons. The van der Waals surface area contributed by atoms with Crippen LogP contribution in [0.4, 0.5) is 0 Å². The van der Waals surface area contributed by atoms with Crippen molar-refractivity contribution in [2.45, 2.75) is 25.4 Å². The van der Waals surface area contributed by atoms with Crippen molar-refractivity contribution in [2.75, 3.05) is 6.54 Å². The summed E-state index contributed by atoms with van der Waals surface area (Å²) in [5.74, 6) is 0. The summed E-state index contributed by atoms with van der Waals surface area (Å²) in [5, 5.41) is 11.5. The molecule has 102 valence electrons. The summed E-state index contributed by atoms with van der Waals surface area (Å²) in [6.07, 6.45) is 9.89. The number of hydrogen-bond acceptors (Lipinski definition) is 4. The molecule has 1 atom stereocenters. The first-order chi connectivity index (χ1) is 9.92. The van der Waals surface area contributed by atoms with Crippen LogP contribution < -0.4 is 0 Å². The second kappa shape index (κ2) is 4.72. The average molecular weight is 268 g/mol. The van der Waals surface area contributed by atoms with E-state index < -0.39 is 0 Å². The highest BCUT2D eigenvalue weighted by atomic mass is 15.3. The summed E-state index contributed by atoms with van der Waals surface area (Å²) in [5.41, 5.74) is 3.33. The number of fused-ring (bicyclic) bond motifs is 1. The fraction of sp³-hybridized carbons (Fsp3) is 0.357. The number of aromatic nitrogens is 5. The molecule has 0 bridgehead atoms. The van der Waals surface area contributed by atoms with Crippen LogP contribution in [-0.2, 0) is 6.54 Å². The minimum absolute atomic E-state index is 0.427. The zero-order valence-corrected chi connectivity index (χ0v) is 11.1. The summed E-state index contributed by atoms with van der Waals surface area (Å²) in [6, 6.07) is 4.39. The second-order valence-electron chi connectivity index (χ2n) is 5.20. The Balaban J connectivity index is 1.62. The van der Waals surface area contributed by atoms with E-state index in [0.29, 0.717) is 6.04 Å². The predicted molar refractivity (Wildman–Crippen MR) is 74.0 cm³/mol. The van der Waals surface area contributed by atoms with E-state index in [-0.39, 0.29) is 0 Å². The molecule has 4 heterocycles. The maximum atomic E-state index is 4.42. The quantitative estimate of drug-likeness (QED) is 0.786. The van der Waals surface area contributed by atoms with Crippen LogP contribution >= 0.6 is 0 Å². The van der Waals surface area contributed by atoms with Gasteiger partial charge in [0, 0.05) is 30.7 Å². The van der Waals surface area contributed by atoms with Gasteiger partial charge >= 0.3 is 0 Å². The van der Waals surface area contributed by atoms with Gasteiger partial charge in [-0.1, -0.05) is 0 Å². The van der Waals surface area contributed by atoms with Crippen LogP contribution in [0, 0.1) is 0 Å². The van der Waals surface area contributed by atoms with E-state index in [1.807, 2.05) is 35.4 Å². The molecule has 20 heavy (non-hydrogen) atoms. The Hall–Kier alpha value is -2.21. The van der Waals surface area contributed by atoms with Crippen molar-refractivity contribution in [1.82, 2.24) is 29.7 Å². The van der Waals surface area contributed by atoms with Gasteiger partial charge in [0.05, 0.1) is 17.9 Å². The fourth-order valence-corrected chi connectivity index (χ4v) is 3.03. The van der Waals surface area contributed by atoms with Gasteiger partial charge in [0.1, 0.15) is 0 Å². The number of H-pyrrole nitrogens is 1. The molecule has 0 aliphatic carbocycles. The first-order valence-corrected chi connectivity index (χ1v) is 6.92. The van der Waals surface area contributed by atoms with Gasteiger partial charge in [-0.05, 0) is 31.5 Å². The molecule has 0 spiro atoms. The van der Waals surface area contributed by atoms with Crippen molar-refractivity contribution in [1.29, 1.82) is 0 Å². The Morgan fingerprint density at radius 2 is 2.35 bits per heavy atom. The lowest BCUT2D eigenvalue weighted by molar-refractivity contribution is 0.245. The summed E-state index contributed by atoms with van der Waals surface area (Å²) in [6.45, 7) is 1.98. The molecule has 1 aliphatic rings. The zero-order valence-electron chi connectivity index (χ0n) is 11.1. The maximum Gasteiger partial charge on any atom is 0.159 e. The zero-order chi connectivity index (χ0) is 13.4. The van der Waals surface area contributed by atoms with Crippen molar-refractivity contribution in [3.05, 3.63) is 48.2 Å². The number of aromatic amines is 1. The van der Waals surface area contributed by atoms with Crippen LogP contribution in [0.1, 0.15) is 30.1 Å². The van der Waals surface area contributed by atoms with E-state index in [2.05, 4.69) is 31.2 Å². The smallest absolute Gasteiger partial charge is 0.159 e. The molecule has 0 saturated carbocycles. The van der Waals surface area contributed by atoms with Crippen LogP contribution in [0.2, 0.25) is 0 Å². The summed E-state index contributed by atoms with van der Waals surface area (Å²) in [7, 11) is 0.